The first-order chi connectivity index (χ1) is 11.2. The van der Waals surface area contributed by atoms with Crippen LogP contribution in [0.4, 0.5) is 5.82 Å². The first kappa shape index (κ1) is 14.1. The predicted molar refractivity (Wildman–Crippen MR) is 79.7 cm³/mol. The molecular weight excluding hydrogens is 300 g/mol. The zero-order chi connectivity index (χ0) is 16.0. The van der Waals surface area contributed by atoms with Crippen molar-refractivity contribution in [3.05, 3.63) is 29.5 Å². The van der Waals surface area contributed by atoms with Crippen molar-refractivity contribution in [3.63, 3.8) is 0 Å². The summed E-state index contributed by atoms with van der Waals surface area (Å²) in [7, 11) is 0. The van der Waals surface area contributed by atoms with Gasteiger partial charge in [-0.3, -0.25) is 4.68 Å². The number of fused-ring (bicyclic) bond motifs is 2. The molecule has 0 saturated carbocycles. The lowest BCUT2D eigenvalue weighted by Gasteiger charge is -2.28. The maximum absolute atomic E-state index is 9.73. The van der Waals surface area contributed by atoms with Crippen LogP contribution in [0.1, 0.15) is 23.2 Å². The summed E-state index contributed by atoms with van der Waals surface area (Å²) in [6.45, 7) is 3.51. The summed E-state index contributed by atoms with van der Waals surface area (Å²) < 4.78 is 7.04. The van der Waals surface area contributed by atoms with Crippen molar-refractivity contribution in [2.45, 2.75) is 26.1 Å². The fraction of sp³-hybridized carbons (Fsp3) is 0.429. The van der Waals surface area contributed by atoms with E-state index in [1.165, 1.54) is 6.33 Å². The Hall–Kier alpha value is -2.52. The maximum Gasteiger partial charge on any atom is 0.263 e. The van der Waals surface area contributed by atoms with Crippen LogP contribution in [-0.4, -0.2) is 48.3 Å². The number of nitrogens with zero attached hydrogens (tertiary/aromatic N) is 6. The molecule has 1 atom stereocenters. The van der Waals surface area contributed by atoms with E-state index in [2.05, 4.69) is 25.1 Å². The van der Waals surface area contributed by atoms with Crippen LogP contribution in [0.2, 0.25) is 0 Å². The molecule has 9 nitrogen and oxygen atoms in total. The highest BCUT2D eigenvalue weighted by Crippen LogP contribution is 2.29. The van der Waals surface area contributed by atoms with Crippen molar-refractivity contribution in [1.82, 2.24) is 24.9 Å². The summed E-state index contributed by atoms with van der Waals surface area (Å²) in [6, 6.07) is 1.81. The van der Waals surface area contributed by atoms with Gasteiger partial charge in [0.1, 0.15) is 23.6 Å². The van der Waals surface area contributed by atoms with Gasteiger partial charge in [-0.15, -0.1) is 0 Å². The first-order valence-corrected chi connectivity index (χ1v) is 7.35. The van der Waals surface area contributed by atoms with Crippen molar-refractivity contribution in [2.75, 3.05) is 18.1 Å². The van der Waals surface area contributed by atoms with Crippen LogP contribution in [0.3, 0.4) is 0 Å². The Bertz CT molecular complexity index is 857. The van der Waals surface area contributed by atoms with Crippen molar-refractivity contribution in [3.8, 4) is 0 Å². The number of aliphatic hydroxyl groups is 2. The fourth-order valence-corrected chi connectivity index (χ4v) is 2.87. The van der Waals surface area contributed by atoms with Crippen molar-refractivity contribution < 1.29 is 14.7 Å². The van der Waals surface area contributed by atoms with Crippen LogP contribution >= 0.6 is 0 Å². The van der Waals surface area contributed by atoms with Gasteiger partial charge in [0.2, 0.25) is 0 Å². The van der Waals surface area contributed by atoms with E-state index in [4.69, 9.17) is 9.63 Å². The van der Waals surface area contributed by atoms with E-state index in [0.717, 1.165) is 29.1 Å². The van der Waals surface area contributed by atoms with Gasteiger partial charge in [-0.25, -0.2) is 4.98 Å². The highest BCUT2D eigenvalue weighted by Gasteiger charge is 2.24. The van der Waals surface area contributed by atoms with Gasteiger partial charge in [0, 0.05) is 6.54 Å². The van der Waals surface area contributed by atoms with Crippen LogP contribution < -0.4 is 4.90 Å². The molecule has 0 spiro atoms. The molecule has 3 aromatic heterocycles. The number of aryl methyl sites for hydroxylation is 1. The molecule has 0 radical (unpaired) electrons. The number of anilines is 1. The minimum Gasteiger partial charge on any atom is -0.393 e. The third kappa shape index (κ3) is 2.25. The zero-order valence-corrected chi connectivity index (χ0v) is 12.5. The SMILES string of the molecule is Cc1noc2ncnc(N3CCn4nc([C@H](O)CO)cc4C3)c12. The topological polar surface area (TPSA) is 113 Å². The standard InChI is InChI=1S/C14H16N6O3/c1-8-12-13(15-7-16-14(12)23-18-8)19-2-3-20-9(5-19)4-10(17-20)11(22)6-21/h4,7,11,21-22H,2-3,5-6H2,1H3/t11-/m1/s1. The number of aliphatic hydroxyl groups excluding tert-OH is 2. The Morgan fingerprint density at radius 3 is 3.04 bits per heavy atom. The lowest BCUT2D eigenvalue weighted by atomic mass is 10.2. The second-order valence-electron chi connectivity index (χ2n) is 5.55. The minimum absolute atomic E-state index is 0.341. The van der Waals surface area contributed by atoms with Gasteiger partial charge in [-0.2, -0.15) is 10.1 Å². The van der Waals surface area contributed by atoms with E-state index in [1.807, 2.05) is 17.7 Å². The zero-order valence-electron chi connectivity index (χ0n) is 12.5. The lowest BCUT2D eigenvalue weighted by Crippen LogP contribution is -2.34. The average molecular weight is 316 g/mol. The normalized spacial score (nSPS) is 15.9. The Labute approximate surface area is 131 Å². The molecule has 4 heterocycles. The summed E-state index contributed by atoms with van der Waals surface area (Å²) in [4.78, 5) is 10.6. The highest BCUT2D eigenvalue weighted by molar-refractivity contribution is 5.87. The molecule has 2 N–H and O–H groups in total. The van der Waals surface area contributed by atoms with Gasteiger partial charge in [0.15, 0.2) is 0 Å². The fourth-order valence-electron chi connectivity index (χ4n) is 2.87. The van der Waals surface area contributed by atoms with Crippen LogP contribution in [0.5, 0.6) is 0 Å². The van der Waals surface area contributed by atoms with Gasteiger partial charge >= 0.3 is 0 Å². The third-order valence-corrected chi connectivity index (χ3v) is 4.05. The molecule has 120 valence electrons. The second-order valence-corrected chi connectivity index (χ2v) is 5.55. The van der Waals surface area contributed by atoms with Gasteiger partial charge in [-0.05, 0) is 13.0 Å². The maximum atomic E-state index is 9.73. The third-order valence-electron chi connectivity index (χ3n) is 4.05. The smallest absolute Gasteiger partial charge is 0.263 e. The lowest BCUT2D eigenvalue weighted by molar-refractivity contribution is 0.0916. The monoisotopic (exact) mass is 316 g/mol. The van der Waals surface area contributed by atoms with Crippen molar-refractivity contribution in [2.24, 2.45) is 0 Å². The van der Waals surface area contributed by atoms with Gasteiger partial charge < -0.3 is 19.6 Å². The number of aromatic nitrogens is 5. The molecule has 0 amide bonds. The molecule has 4 rings (SSSR count). The summed E-state index contributed by atoms with van der Waals surface area (Å²) >= 11 is 0. The molecular formula is C14H16N6O3. The average Bonchev–Trinajstić information content (AvgIpc) is 3.17. The summed E-state index contributed by atoms with van der Waals surface area (Å²) in [6.07, 6.45) is 0.516. The Morgan fingerprint density at radius 1 is 1.35 bits per heavy atom. The second kappa shape index (κ2) is 5.28. The molecule has 1 aliphatic rings. The predicted octanol–water partition coefficient (Wildman–Crippen LogP) is 0.169. The molecule has 3 aromatic rings. The van der Waals surface area contributed by atoms with Crippen LogP contribution in [0, 0.1) is 6.92 Å². The molecule has 0 unspecified atom stereocenters. The Kier molecular flexibility index (Phi) is 3.24. The molecule has 0 aromatic carbocycles. The summed E-state index contributed by atoms with van der Waals surface area (Å²) in [5.41, 5.74) is 2.67. The van der Waals surface area contributed by atoms with E-state index in [9.17, 15) is 5.11 Å². The van der Waals surface area contributed by atoms with Crippen molar-refractivity contribution >= 4 is 16.9 Å². The van der Waals surface area contributed by atoms with Gasteiger partial charge in [0.25, 0.3) is 5.71 Å². The van der Waals surface area contributed by atoms with E-state index in [-0.39, 0.29) is 6.61 Å². The first-order valence-electron chi connectivity index (χ1n) is 7.35. The van der Waals surface area contributed by atoms with Crippen molar-refractivity contribution in [1.29, 1.82) is 0 Å². The molecule has 0 aliphatic carbocycles. The molecule has 1 aliphatic heterocycles. The number of rotatable bonds is 3. The molecule has 23 heavy (non-hydrogen) atoms. The molecule has 0 bridgehead atoms. The largest absolute Gasteiger partial charge is 0.393 e. The van der Waals surface area contributed by atoms with Crippen LogP contribution in [0.15, 0.2) is 16.9 Å². The number of hydrogen-bond acceptors (Lipinski definition) is 8. The summed E-state index contributed by atoms with van der Waals surface area (Å²) in [5, 5.41) is 27.9. The van der Waals surface area contributed by atoms with E-state index >= 15 is 0 Å². The van der Waals surface area contributed by atoms with Gasteiger partial charge in [0.05, 0.1) is 36.8 Å². The highest BCUT2D eigenvalue weighted by atomic mass is 16.5. The quantitative estimate of drug-likeness (QED) is 0.703. The molecule has 0 saturated heterocycles. The van der Waals surface area contributed by atoms with E-state index in [0.29, 0.717) is 24.5 Å². The van der Waals surface area contributed by atoms with Crippen LogP contribution in [-0.2, 0) is 13.1 Å². The van der Waals surface area contributed by atoms with Crippen LogP contribution in [0.25, 0.3) is 11.1 Å². The summed E-state index contributed by atoms with van der Waals surface area (Å²) in [5.74, 6) is 0.783. The Balaban J connectivity index is 1.69. The van der Waals surface area contributed by atoms with E-state index < -0.39 is 6.10 Å². The Morgan fingerprint density at radius 2 is 2.22 bits per heavy atom. The minimum atomic E-state index is -0.951. The number of hydrogen-bond donors (Lipinski definition) is 2. The molecule has 0 fully saturated rings. The van der Waals surface area contributed by atoms with Gasteiger partial charge in [-0.1, -0.05) is 5.16 Å². The molecule has 9 heteroatoms. The van der Waals surface area contributed by atoms with E-state index in [1.54, 1.807) is 0 Å².